The maximum Gasteiger partial charge on any atom is 0.230 e. The van der Waals surface area contributed by atoms with Gasteiger partial charge in [-0.3, -0.25) is 14.7 Å². The van der Waals surface area contributed by atoms with Crippen molar-refractivity contribution in [3.8, 4) is 0 Å². The molecule has 0 N–H and O–H groups in total. The van der Waals surface area contributed by atoms with Crippen LogP contribution in [0.4, 0.5) is 0 Å². The number of aromatic nitrogens is 1. The smallest absolute Gasteiger partial charge is 0.230 e. The second-order valence-corrected chi connectivity index (χ2v) is 6.79. The van der Waals surface area contributed by atoms with Gasteiger partial charge < -0.3 is 4.90 Å². The molecule has 4 nitrogen and oxygen atoms in total. The minimum atomic E-state index is -0.188. The molecule has 0 bridgehead atoms. The van der Waals surface area contributed by atoms with E-state index in [1.54, 1.807) is 0 Å². The molecule has 3 rings (SSSR count). The van der Waals surface area contributed by atoms with Gasteiger partial charge in [-0.1, -0.05) is 19.1 Å². The van der Waals surface area contributed by atoms with Crippen molar-refractivity contribution >= 4 is 5.91 Å². The fourth-order valence-electron chi connectivity index (χ4n) is 4.01. The number of hydrogen-bond donors (Lipinski definition) is 0. The Balaban J connectivity index is 1.72. The first kappa shape index (κ1) is 15.2. The highest BCUT2D eigenvalue weighted by molar-refractivity contribution is 5.86. The summed E-state index contributed by atoms with van der Waals surface area (Å²) in [5.74, 6) is 0.722. The third-order valence-corrected chi connectivity index (χ3v) is 5.20. The lowest BCUT2D eigenvalue weighted by Gasteiger charge is -2.26. The highest BCUT2D eigenvalue weighted by Gasteiger charge is 2.54. The van der Waals surface area contributed by atoms with Crippen LogP contribution in [0.5, 0.6) is 0 Å². The van der Waals surface area contributed by atoms with E-state index < -0.39 is 0 Å². The summed E-state index contributed by atoms with van der Waals surface area (Å²) >= 11 is 0. The zero-order valence-corrected chi connectivity index (χ0v) is 13.6. The SMILES string of the molecule is C=CCN1CC[C@]2(CN(Cc3cccc(C)n3)C[C@H]2C)C1=O. The predicted molar refractivity (Wildman–Crippen MR) is 87.2 cm³/mol. The maximum atomic E-state index is 12.8. The van der Waals surface area contributed by atoms with E-state index in [0.29, 0.717) is 18.4 Å². The fourth-order valence-corrected chi connectivity index (χ4v) is 4.01. The van der Waals surface area contributed by atoms with E-state index in [9.17, 15) is 4.79 Å². The van der Waals surface area contributed by atoms with Crippen LogP contribution in [-0.4, -0.2) is 46.9 Å². The van der Waals surface area contributed by atoms with Crippen LogP contribution in [0.25, 0.3) is 0 Å². The molecule has 1 amide bonds. The zero-order chi connectivity index (χ0) is 15.7. The topological polar surface area (TPSA) is 36.4 Å². The molecule has 22 heavy (non-hydrogen) atoms. The van der Waals surface area contributed by atoms with Crippen LogP contribution in [0.2, 0.25) is 0 Å². The third-order valence-electron chi connectivity index (χ3n) is 5.20. The lowest BCUT2D eigenvalue weighted by molar-refractivity contribution is -0.136. The standard InChI is InChI=1S/C18H25N3O/c1-4-9-21-10-8-18(17(21)22)13-20(11-14(18)2)12-16-7-5-6-15(3)19-16/h4-7,14H,1,8-13H2,2-3H3/t14-,18-/m1/s1. The summed E-state index contributed by atoms with van der Waals surface area (Å²) in [6.07, 6.45) is 2.80. The molecule has 0 aromatic carbocycles. The molecule has 118 valence electrons. The van der Waals surface area contributed by atoms with Gasteiger partial charge in [-0.15, -0.1) is 6.58 Å². The molecular weight excluding hydrogens is 274 g/mol. The number of carbonyl (C=O) groups excluding carboxylic acids is 1. The molecule has 0 unspecified atom stereocenters. The number of carbonyl (C=O) groups is 1. The van der Waals surface area contributed by atoms with E-state index in [2.05, 4.69) is 35.5 Å². The van der Waals surface area contributed by atoms with Crippen molar-refractivity contribution < 1.29 is 4.79 Å². The van der Waals surface area contributed by atoms with Gasteiger partial charge in [0.25, 0.3) is 0 Å². The lowest BCUT2D eigenvalue weighted by Crippen LogP contribution is -2.39. The van der Waals surface area contributed by atoms with Crippen LogP contribution < -0.4 is 0 Å². The summed E-state index contributed by atoms with van der Waals surface area (Å²) in [6, 6.07) is 6.15. The van der Waals surface area contributed by atoms with Crippen LogP contribution in [0.3, 0.4) is 0 Å². The summed E-state index contributed by atoms with van der Waals surface area (Å²) in [7, 11) is 0. The van der Waals surface area contributed by atoms with Gasteiger partial charge in [0.1, 0.15) is 0 Å². The van der Waals surface area contributed by atoms with E-state index in [0.717, 1.165) is 44.0 Å². The van der Waals surface area contributed by atoms with Gasteiger partial charge in [0.05, 0.1) is 11.1 Å². The highest BCUT2D eigenvalue weighted by atomic mass is 16.2. The first-order chi connectivity index (χ1) is 10.5. The Bertz CT molecular complexity index is 585. The van der Waals surface area contributed by atoms with Gasteiger partial charge in [-0.2, -0.15) is 0 Å². The monoisotopic (exact) mass is 299 g/mol. The molecule has 4 heteroatoms. The number of pyridine rings is 1. The molecule has 1 spiro atoms. The number of rotatable bonds is 4. The fraction of sp³-hybridized carbons (Fsp3) is 0.556. The Morgan fingerprint density at radius 3 is 3.05 bits per heavy atom. The molecule has 1 aromatic rings. The van der Waals surface area contributed by atoms with Crippen LogP contribution in [0.15, 0.2) is 30.9 Å². The molecule has 1 aromatic heterocycles. The molecule has 2 aliphatic rings. The molecule has 3 heterocycles. The number of hydrogen-bond acceptors (Lipinski definition) is 3. The minimum absolute atomic E-state index is 0.188. The lowest BCUT2D eigenvalue weighted by atomic mass is 9.78. The van der Waals surface area contributed by atoms with Gasteiger partial charge in [0.15, 0.2) is 0 Å². The van der Waals surface area contributed by atoms with Crippen molar-refractivity contribution in [1.82, 2.24) is 14.8 Å². The molecule has 2 saturated heterocycles. The molecule has 0 aliphatic carbocycles. The third kappa shape index (κ3) is 2.56. The maximum absolute atomic E-state index is 12.8. The number of aryl methyl sites for hydroxylation is 1. The number of amides is 1. The average molecular weight is 299 g/mol. The van der Waals surface area contributed by atoms with Crippen LogP contribution >= 0.6 is 0 Å². The highest BCUT2D eigenvalue weighted by Crippen LogP contribution is 2.44. The van der Waals surface area contributed by atoms with Crippen LogP contribution in [0, 0.1) is 18.3 Å². The Labute approximate surface area is 132 Å². The van der Waals surface area contributed by atoms with E-state index in [-0.39, 0.29) is 5.41 Å². The molecule has 0 radical (unpaired) electrons. The Hall–Kier alpha value is -1.68. The van der Waals surface area contributed by atoms with Crippen molar-refractivity contribution in [3.63, 3.8) is 0 Å². The van der Waals surface area contributed by atoms with Gasteiger partial charge in [0.2, 0.25) is 5.91 Å². The zero-order valence-electron chi connectivity index (χ0n) is 13.6. The Kier molecular flexibility index (Phi) is 4.04. The summed E-state index contributed by atoms with van der Waals surface area (Å²) in [5, 5.41) is 0. The molecule has 2 aliphatic heterocycles. The van der Waals surface area contributed by atoms with E-state index in [4.69, 9.17) is 0 Å². The first-order valence-corrected chi connectivity index (χ1v) is 8.10. The largest absolute Gasteiger partial charge is 0.338 e. The normalized spacial score (nSPS) is 28.7. The number of nitrogens with zero attached hydrogens (tertiary/aromatic N) is 3. The Morgan fingerprint density at radius 1 is 1.50 bits per heavy atom. The predicted octanol–water partition coefficient (Wildman–Crippen LogP) is 2.25. The molecule has 2 fully saturated rings. The van der Waals surface area contributed by atoms with Gasteiger partial charge >= 0.3 is 0 Å². The second kappa shape index (κ2) is 5.84. The quantitative estimate of drug-likeness (QED) is 0.800. The first-order valence-electron chi connectivity index (χ1n) is 8.10. The van der Waals surface area contributed by atoms with E-state index in [1.807, 2.05) is 24.0 Å². The van der Waals surface area contributed by atoms with Crippen molar-refractivity contribution in [2.24, 2.45) is 11.3 Å². The van der Waals surface area contributed by atoms with Crippen molar-refractivity contribution in [2.75, 3.05) is 26.2 Å². The molecule has 0 saturated carbocycles. The van der Waals surface area contributed by atoms with Crippen molar-refractivity contribution in [1.29, 1.82) is 0 Å². The second-order valence-electron chi connectivity index (χ2n) is 6.79. The van der Waals surface area contributed by atoms with Gasteiger partial charge in [-0.25, -0.2) is 0 Å². The minimum Gasteiger partial charge on any atom is -0.338 e. The molecule has 2 atom stereocenters. The van der Waals surface area contributed by atoms with Crippen LogP contribution in [-0.2, 0) is 11.3 Å². The summed E-state index contributed by atoms with van der Waals surface area (Å²) < 4.78 is 0. The average Bonchev–Trinajstić information content (AvgIpc) is 2.95. The van der Waals surface area contributed by atoms with Crippen LogP contribution in [0.1, 0.15) is 24.7 Å². The van der Waals surface area contributed by atoms with Crippen molar-refractivity contribution in [3.05, 3.63) is 42.2 Å². The van der Waals surface area contributed by atoms with E-state index in [1.165, 1.54) is 0 Å². The van der Waals surface area contributed by atoms with Gasteiger partial charge in [0, 0.05) is 38.4 Å². The summed E-state index contributed by atoms with van der Waals surface area (Å²) in [6.45, 7) is 12.2. The molecular formula is C18H25N3O. The van der Waals surface area contributed by atoms with Gasteiger partial charge in [-0.05, 0) is 31.4 Å². The number of likely N-dealkylation sites (tertiary alicyclic amines) is 2. The summed E-state index contributed by atoms with van der Waals surface area (Å²) in [4.78, 5) is 21.8. The Morgan fingerprint density at radius 2 is 2.32 bits per heavy atom. The van der Waals surface area contributed by atoms with Crippen molar-refractivity contribution in [2.45, 2.75) is 26.8 Å². The van der Waals surface area contributed by atoms with E-state index >= 15 is 0 Å². The summed E-state index contributed by atoms with van der Waals surface area (Å²) in [5.41, 5.74) is 1.96.